The van der Waals surface area contributed by atoms with Gasteiger partial charge in [-0.1, -0.05) is 12.8 Å². The molecule has 1 atom stereocenters. The van der Waals surface area contributed by atoms with Crippen LogP contribution in [0.15, 0.2) is 36.5 Å². The van der Waals surface area contributed by atoms with Gasteiger partial charge in [0.25, 0.3) is 0 Å². The number of aromatic nitrogens is 2. The van der Waals surface area contributed by atoms with E-state index in [1.165, 1.54) is 12.8 Å². The predicted octanol–water partition coefficient (Wildman–Crippen LogP) is 3.12. The van der Waals surface area contributed by atoms with Crippen molar-refractivity contribution in [3.05, 3.63) is 36.5 Å². The number of ether oxygens (including phenoxy) is 1. The van der Waals surface area contributed by atoms with E-state index in [9.17, 15) is 5.11 Å². The van der Waals surface area contributed by atoms with Crippen molar-refractivity contribution in [3.8, 4) is 17.0 Å². The summed E-state index contributed by atoms with van der Waals surface area (Å²) in [5.41, 5.74) is 1.87. The summed E-state index contributed by atoms with van der Waals surface area (Å²) in [6, 6.07) is 9.70. The second kappa shape index (κ2) is 7.42. The summed E-state index contributed by atoms with van der Waals surface area (Å²) in [5, 5.41) is 13.0. The maximum absolute atomic E-state index is 9.66. The van der Waals surface area contributed by atoms with Crippen LogP contribution >= 0.6 is 0 Å². The summed E-state index contributed by atoms with van der Waals surface area (Å²) in [7, 11) is 1.65. The van der Waals surface area contributed by atoms with Crippen molar-refractivity contribution in [2.24, 2.45) is 5.92 Å². The van der Waals surface area contributed by atoms with Crippen LogP contribution in [0.4, 0.5) is 5.95 Å². The van der Waals surface area contributed by atoms with E-state index in [4.69, 9.17) is 4.74 Å². The van der Waals surface area contributed by atoms with Crippen LogP contribution in [0.3, 0.4) is 0 Å². The van der Waals surface area contributed by atoms with Gasteiger partial charge in [-0.15, -0.1) is 0 Å². The van der Waals surface area contributed by atoms with Gasteiger partial charge in [0.05, 0.1) is 25.5 Å². The first kappa shape index (κ1) is 15.7. The average molecular weight is 313 g/mol. The van der Waals surface area contributed by atoms with Crippen molar-refractivity contribution in [2.75, 3.05) is 19.0 Å². The summed E-state index contributed by atoms with van der Waals surface area (Å²) in [6.45, 7) is 0.112. The zero-order valence-electron chi connectivity index (χ0n) is 13.4. The van der Waals surface area contributed by atoms with E-state index < -0.39 is 0 Å². The summed E-state index contributed by atoms with van der Waals surface area (Å²) < 4.78 is 5.18. The molecule has 2 aromatic rings. The Morgan fingerprint density at radius 3 is 2.61 bits per heavy atom. The minimum absolute atomic E-state index is 0.0311. The number of anilines is 1. The van der Waals surface area contributed by atoms with Gasteiger partial charge in [-0.2, -0.15) is 0 Å². The topological polar surface area (TPSA) is 67.3 Å². The van der Waals surface area contributed by atoms with Crippen molar-refractivity contribution in [1.82, 2.24) is 9.97 Å². The summed E-state index contributed by atoms with van der Waals surface area (Å²) in [5.74, 6) is 1.90. The number of rotatable bonds is 6. The summed E-state index contributed by atoms with van der Waals surface area (Å²) >= 11 is 0. The first-order valence-electron chi connectivity index (χ1n) is 8.15. The van der Waals surface area contributed by atoms with Gasteiger partial charge in [0.15, 0.2) is 0 Å². The molecule has 1 fully saturated rings. The lowest BCUT2D eigenvalue weighted by molar-refractivity contribution is 0.238. The number of nitrogens with one attached hydrogen (secondary N) is 1. The number of nitrogens with zero attached hydrogens (tertiary/aromatic N) is 2. The van der Waals surface area contributed by atoms with Crippen LogP contribution in [0.1, 0.15) is 25.7 Å². The molecule has 1 aromatic carbocycles. The van der Waals surface area contributed by atoms with E-state index in [1.807, 2.05) is 30.3 Å². The second-order valence-corrected chi connectivity index (χ2v) is 5.97. The highest BCUT2D eigenvalue weighted by Gasteiger charge is 2.25. The Labute approximate surface area is 136 Å². The molecule has 0 spiro atoms. The molecule has 122 valence electrons. The number of aliphatic hydroxyl groups excluding tert-OH is 1. The standard InChI is InChI=1S/C18H23N3O2/c1-23-15-8-6-14(7-9-15)16-10-11-19-18(20-16)21-17(12-22)13-4-2-3-5-13/h6-11,13,17,22H,2-5,12H2,1H3,(H,19,20,21). The highest BCUT2D eigenvalue weighted by molar-refractivity contribution is 5.61. The molecule has 1 aromatic heterocycles. The molecule has 1 aliphatic carbocycles. The first-order chi connectivity index (χ1) is 11.3. The van der Waals surface area contributed by atoms with Gasteiger partial charge in [0, 0.05) is 11.8 Å². The third kappa shape index (κ3) is 3.79. The van der Waals surface area contributed by atoms with Crippen molar-refractivity contribution in [1.29, 1.82) is 0 Å². The van der Waals surface area contributed by atoms with Crippen molar-refractivity contribution in [2.45, 2.75) is 31.7 Å². The zero-order chi connectivity index (χ0) is 16.1. The summed E-state index contributed by atoms with van der Waals surface area (Å²) in [4.78, 5) is 8.88. The van der Waals surface area contributed by atoms with Gasteiger partial charge >= 0.3 is 0 Å². The molecular weight excluding hydrogens is 290 g/mol. The van der Waals surface area contributed by atoms with E-state index in [0.29, 0.717) is 11.9 Å². The molecule has 0 bridgehead atoms. The lowest BCUT2D eigenvalue weighted by Gasteiger charge is -2.22. The van der Waals surface area contributed by atoms with Crippen LogP contribution in [0.25, 0.3) is 11.3 Å². The fourth-order valence-corrected chi connectivity index (χ4v) is 3.19. The number of methoxy groups -OCH3 is 1. The van der Waals surface area contributed by atoms with Crippen molar-refractivity contribution < 1.29 is 9.84 Å². The van der Waals surface area contributed by atoms with Gasteiger partial charge in [0.2, 0.25) is 5.95 Å². The third-order valence-corrected chi connectivity index (χ3v) is 4.52. The highest BCUT2D eigenvalue weighted by Crippen LogP contribution is 2.29. The predicted molar refractivity (Wildman–Crippen MR) is 90.5 cm³/mol. The number of benzene rings is 1. The van der Waals surface area contributed by atoms with E-state index >= 15 is 0 Å². The maximum Gasteiger partial charge on any atom is 0.223 e. The van der Waals surface area contributed by atoms with Crippen LogP contribution in [-0.4, -0.2) is 34.8 Å². The van der Waals surface area contributed by atoms with Crippen LogP contribution in [0, 0.1) is 5.92 Å². The molecule has 2 N–H and O–H groups in total. The molecule has 23 heavy (non-hydrogen) atoms. The SMILES string of the molecule is COc1ccc(-c2ccnc(NC(CO)C3CCCC3)n2)cc1. The molecule has 5 heteroatoms. The molecule has 0 aliphatic heterocycles. The molecule has 1 aliphatic rings. The van der Waals surface area contributed by atoms with Gasteiger partial charge in [0.1, 0.15) is 5.75 Å². The molecule has 0 amide bonds. The number of aliphatic hydroxyl groups is 1. The molecule has 1 unspecified atom stereocenters. The third-order valence-electron chi connectivity index (χ3n) is 4.52. The smallest absolute Gasteiger partial charge is 0.223 e. The molecule has 3 rings (SSSR count). The Hall–Kier alpha value is -2.14. The van der Waals surface area contributed by atoms with E-state index in [-0.39, 0.29) is 12.6 Å². The van der Waals surface area contributed by atoms with E-state index in [2.05, 4.69) is 15.3 Å². The second-order valence-electron chi connectivity index (χ2n) is 5.97. The van der Waals surface area contributed by atoms with Crippen LogP contribution in [0.2, 0.25) is 0 Å². The van der Waals surface area contributed by atoms with E-state index in [1.54, 1.807) is 13.3 Å². The largest absolute Gasteiger partial charge is 0.497 e. The Morgan fingerprint density at radius 1 is 1.22 bits per heavy atom. The van der Waals surface area contributed by atoms with Gasteiger partial charge < -0.3 is 15.2 Å². The average Bonchev–Trinajstić information content (AvgIpc) is 3.14. The summed E-state index contributed by atoms with van der Waals surface area (Å²) in [6.07, 6.45) is 6.57. The van der Waals surface area contributed by atoms with Crippen molar-refractivity contribution >= 4 is 5.95 Å². The Morgan fingerprint density at radius 2 is 1.96 bits per heavy atom. The number of hydrogen-bond acceptors (Lipinski definition) is 5. The first-order valence-corrected chi connectivity index (χ1v) is 8.15. The molecule has 5 nitrogen and oxygen atoms in total. The lowest BCUT2D eigenvalue weighted by Crippen LogP contribution is -2.32. The monoisotopic (exact) mass is 313 g/mol. The van der Waals surface area contributed by atoms with Crippen molar-refractivity contribution in [3.63, 3.8) is 0 Å². The molecule has 1 saturated carbocycles. The zero-order valence-corrected chi connectivity index (χ0v) is 13.4. The molecular formula is C18H23N3O2. The maximum atomic E-state index is 9.66. The minimum Gasteiger partial charge on any atom is -0.497 e. The molecule has 0 radical (unpaired) electrons. The Balaban J connectivity index is 1.75. The lowest BCUT2D eigenvalue weighted by atomic mass is 9.99. The molecule has 1 heterocycles. The van der Waals surface area contributed by atoms with Crippen LogP contribution in [0.5, 0.6) is 5.75 Å². The number of hydrogen-bond donors (Lipinski definition) is 2. The minimum atomic E-state index is 0.0311. The normalized spacial score (nSPS) is 16.3. The van der Waals surface area contributed by atoms with Gasteiger partial charge in [-0.05, 0) is 49.1 Å². The van der Waals surface area contributed by atoms with Crippen LogP contribution < -0.4 is 10.1 Å². The fraction of sp³-hybridized carbons (Fsp3) is 0.444. The quantitative estimate of drug-likeness (QED) is 0.857. The fourth-order valence-electron chi connectivity index (χ4n) is 3.19. The van der Waals surface area contributed by atoms with Crippen LogP contribution in [-0.2, 0) is 0 Å². The van der Waals surface area contributed by atoms with Gasteiger partial charge in [-0.3, -0.25) is 0 Å². The Kier molecular flexibility index (Phi) is 5.08. The van der Waals surface area contributed by atoms with E-state index in [0.717, 1.165) is 29.8 Å². The Bertz CT molecular complexity index is 624. The molecule has 0 saturated heterocycles. The van der Waals surface area contributed by atoms with Gasteiger partial charge in [-0.25, -0.2) is 9.97 Å². The highest BCUT2D eigenvalue weighted by atomic mass is 16.5.